The number of nitrogens with one attached hydrogen (secondary N) is 1. The Kier molecular flexibility index (Phi) is 7.26. The summed E-state index contributed by atoms with van der Waals surface area (Å²) in [5, 5.41) is 3.86. The molecule has 0 saturated heterocycles. The zero-order valence-electron chi connectivity index (χ0n) is 16.6. The molecule has 3 rings (SSSR count). The van der Waals surface area contributed by atoms with Gasteiger partial charge in [0.25, 0.3) is 5.91 Å². The van der Waals surface area contributed by atoms with Crippen LogP contribution in [0.4, 0.5) is 4.39 Å². The van der Waals surface area contributed by atoms with Gasteiger partial charge in [-0.05, 0) is 77.9 Å². The SMILES string of the molecule is COc1ccc(/C=C/C(=O)Oc2ccc(/C=N\NC(=O)c3ccc(F)cc3)cc2)cc1. The van der Waals surface area contributed by atoms with Crippen LogP contribution < -0.4 is 14.9 Å². The molecule has 1 amide bonds. The molecule has 0 spiro atoms. The lowest BCUT2D eigenvalue weighted by molar-refractivity contribution is -0.128. The Bertz CT molecular complexity index is 1090. The molecule has 0 atom stereocenters. The van der Waals surface area contributed by atoms with Gasteiger partial charge in [0.2, 0.25) is 0 Å². The van der Waals surface area contributed by atoms with E-state index in [0.717, 1.165) is 11.3 Å². The fourth-order valence-corrected chi connectivity index (χ4v) is 2.48. The van der Waals surface area contributed by atoms with E-state index in [9.17, 15) is 14.0 Å². The van der Waals surface area contributed by atoms with E-state index in [0.29, 0.717) is 16.9 Å². The van der Waals surface area contributed by atoms with Crippen molar-refractivity contribution in [3.8, 4) is 11.5 Å². The predicted octanol–water partition coefficient (Wildman–Crippen LogP) is 4.22. The Hall–Kier alpha value is -4.26. The number of benzene rings is 3. The minimum absolute atomic E-state index is 0.295. The van der Waals surface area contributed by atoms with Crippen molar-refractivity contribution in [2.24, 2.45) is 5.10 Å². The molecule has 0 fully saturated rings. The number of methoxy groups -OCH3 is 1. The summed E-state index contributed by atoms with van der Waals surface area (Å²) in [5.41, 5.74) is 4.18. The first-order valence-corrected chi connectivity index (χ1v) is 9.26. The maximum Gasteiger partial charge on any atom is 0.336 e. The minimum Gasteiger partial charge on any atom is -0.497 e. The topological polar surface area (TPSA) is 77.0 Å². The van der Waals surface area contributed by atoms with Crippen LogP contribution in [0.5, 0.6) is 11.5 Å². The second-order valence-electron chi connectivity index (χ2n) is 6.30. The van der Waals surface area contributed by atoms with Gasteiger partial charge in [-0.1, -0.05) is 12.1 Å². The number of hydrogen-bond donors (Lipinski definition) is 1. The number of ether oxygens (including phenoxy) is 2. The predicted molar refractivity (Wildman–Crippen MR) is 116 cm³/mol. The number of carbonyl (C=O) groups excluding carboxylic acids is 2. The third-order valence-corrected chi connectivity index (χ3v) is 4.11. The molecule has 31 heavy (non-hydrogen) atoms. The number of hydrogen-bond acceptors (Lipinski definition) is 5. The van der Waals surface area contributed by atoms with Gasteiger partial charge in [-0.2, -0.15) is 5.10 Å². The smallest absolute Gasteiger partial charge is 0.336 e. The summed E-state index contributed by atoms with van der Waals surface area (Å²) < 4.78 is 23.2. The molecule has 6 nitrogen and oxygen atoms in total. The molecule has 0 heterocycles. The van der Waals surface area contributed by atoms with Crippen LogP contribution in [0, 0.1) is 5.82 Å². The Morgan fingerprint density at radius 1 is 0.871 bits per heavy atom. The van der Waals surface area contributed by atoms with Gasteiger partial charge in [0.1, 0.15) is 17.3 Å². The lowest BCUT2D eigenvalue weighted by Crippen LogP contribution is -2.17. The first-order valence-electron chi connectivity index (χ1n) is 9.26. The zero-order chi connectivity index (χ0) is 22.1. The highest BCUT2D eigenvalue weighted by molar-refractivity contribution is 5.94. The van der Waals surface area contributed by atoms with Crippen LogP contribution in [0.15, 0.2) is 84.0 Å². The Labute approximate surface area is 178 Å². The van der Waals surface area contributed by atoms with E-state index in [2.05, 4.69) is 10.5 Å². The van der Waals surface area contributed by atoms with Crippen molar-refractivity contribution < 1.29 is 23.5 Å². The fourth-order valence-electron chi connectivity index (χ4n) is 2.48. The van der Waals surface area contributed by atoms with Crippen LogP contribution >= 0.6 is 0 Å². The summed E-state index contributed by atoms with van der Waals surface area (Å²) in [6.45, 7) is 0. The van der Waals surface area contributed by atoms with Gasteiger partial charge in [0.05, 0.1) is 13.3 Å². The summed E-state index contributed by atoms with van der Waals surface area (Å²) in [7, 11) is 1.59. The van der Waals surface area contributed by atoms with E-state index in [1.807, 2.05) is 12.1 Å². The minimum atomic E-state index is -0.510. The Morgan fingerprint density at radius 3 is 2.13 bits per heavy atom. The third-order valence-electron chi connectivity index (χ3n) is 4.11. The molecular weight excluding hydrogens is 399 g/mol. The highest BCUT2D eigenvalue weighted by atomic mass is 19.1. The van der Waals surface area contributed by atoms with Gasteiger partial charge in [0, 0.05) is 11.6 Å². The van der Waals surface area contributed by atoms with E-state index in [4.69, 9.17) is 9.47 Å². The molecule has 0 radical (unpaired) electrons. The second-order valence-corrected chi connectivity index (χ2v) is 6.30. The molecule has 0 saturated carbocycles. The van der Waals surface area contributed by atoms with E-state index >= 15 is 0 Å². The maximum absolute atomic E-state index is 12.9. The molecule has 0 aliphatic heterocycles. The van der Waals surface area contributed by atoms with Crippen LogP contribution in [0.1, 0.15) is 21.5 Å². The monoisotopic (exact) mass is 418 g/mol. The zero-order valence-corrected chi connectivity index (χ0v) is 16.6. The van der Waals surface area contributed by atoms with Gasteiger partial charge in [-0.3, -0.25) is 4.79 Å². The van der Waals surface area contributed by atoms with E-state index < -0.39 is 17.7 Å². The summed E-state index contributed by atoms with van der Waals surface area (Å²) in [4.78, 5) is 23.9. The van der Waals surface area contributed by atoms with Crippen molar-refractivity contribution in [2.45, 2.75) is 0 Å². The molecule has 1 N–H and O–H groups in total. The van der Waals surface area contributed by atoms with Crippen LogP contribution in [0.3, 0.4) is 0 Å². The summed E-state index contributed by atoms with van der Waals surface area (Å²) in [6, 6.07) is 19.0. The molecule has 0 unspecified atom stereocenters. The number of halogens is 1. The average Bonchev–Trinajstić information content (AvgIpc) is 2.79. The summed E-state index contributed by atoms with van der Waals surface area (Å²) in [5.74, 6) is -0.276. The third kappa shape index (κ3) is 6.64. The Balaban J connectivity index is 1.50. The quantitative estimate of drug-likeness (QED) is 0.205. The Morgan fingerprint density at radius 2 is 1.48 bits per heavy atom. The van der Waals surface area contributed by atoms with E-state index in [1.165, 1.54) is 36.6 Å². The van der Waals surface area contributed by atoms with Gasteiger partial charge in [0.15, 0.2) is 0 Å². The molecular formula is C24H19FN2O4. The largest absolute Gasteiger partial charge is 0.497 e. The van der Waals surface area contributed by atoms with Crippen molar-refractivity contribution in [2.75, 3.05) is 7.11 Å². The standard InChI is InChI=1S/C24H19FN2O4/c1-30-21-11-2-17(3-12-21)6-15-23(28)31-22-13-4-18(5-14-22)16-26-27-24(29)19-7-9-20(25)10-8-19/h2-16H,1H3,(H,27,29)/b15-6+,26-16-. The van der Waals surface area contributed by atoms with Crippen LogP contribution in [-0.4, -0.2) is 25.2 Å². The number of esters is 1. The average molecular weight is 418 g/mol. The van der Waals surface area contributed by atoms with Crippen molar-refractivity contribution >= 4 is 24.2 Å². The fraction of sp³-hybridized carbons (Fsp3) is 0.0417. The van der Waals surface area contributed by atoms with Crippen molar-refractivity contribution in [3.63, 3.8) is 0 Å². The lowest BCUT2D eigenvalue weighted by atomic mass is 10.2. The first kappa shape index (κ1) is 21.4. The molecule has 0 bridgehead atoms. The normalized spacial score (nSPS) is 10.9. The number of nitrogens with zero attached hydrogens (tertiary/aromatic N) is 1. The first-order chi connectivity index (χ1) is 15.0. The number of amides is 1. The maximum atomic E-state index is 12.9. The molecule has 3 aromatic carbocycles. The van der Waals surface area contributed by atoms with Gasteiger partial charge in [-0.15, -0.1) is 0 Å². The lowest BCUT2D eigenvalue weighted by Gasteiger charge is -2.02. The number of rotatable bonds is 7. The highest BCUT2D eigenvalue weighted by Gasteiger charge is 2.04. The van der Waals surface area contributed by atoms with E-state index in [-0.39, 0.29) is 0 Å². The van der Waals surface area contributed by atoms with Crippen LogP contribution in [-0.2, 0) is 4.79 Å². The summed E-state index contributed by atoms with van der Waals surface area (Å²) in [6.07, 6.45) is 4.42. The number of carbonyl (C=O) groups is 2. The number of hydrazone groups is 1. The van der Waals surface area contributed by atoms with Gasteiger partial charge < -0.3 is 9.47 Å². The van der Waals surface area contributed by atoms with Crippen molar-refractivity contribution in [3.05, 3.63) is 101 Å². The molecule has 7 heteroatoms. The van der Waals surface area contributed by atoms with Crippen molar-refractivity contribution in [1.29, 1.82) is 0 Å². The van der Waals surface area contributed by atoms with E-state index in [1.54, 1.807) is 49.6 Å². The van der Waals surface area contributed by atoms with Crippen LogP contribution in [0.2, 0.25) is 0 Å². The van der Waals surface area contributed by atoms with Gasteiger partial charge in [-0.25, -0.2) is 14.6 Å². The molecule has 0 aliphatic carbocycles. The summed E-state index contributed by atoms with van der Waals surface area (Å²) >= 11 is 0. The second kappa shape index (κ2) is 10.5. The van der Waals surface area contributed by atoms with Crippen LogP contribution in [0.25, 0.3) is 6.08 Å². The molecule has 0 aliphatic rings. The highest BCUT2D eigenvalue weighted by Crippen LogP contribution is 2.14. The molecule has 156 valence electrons. The van der Waals surface area contributed by atoms with Gasteiger partial charge >= 0.3 is 5.97 Å². The molecule has 3 aromatic rings. The van der Waals surface area contributed by atoms with Crippen molar-refractivity contribution in [1.82, 2.24) is 5.43 Å². The molecule has 0 aromatic heterocycles.